The van der Waals surface area contributed by atoms with Gasteiger partial charge in [0.05, 0.1) is 41.9 Å². The van der Waals surface area contributed by atoms with Gasteiger partial charge >= 0.3 is 12.1 Å². The Morgan fingerprint density at radius 1 is 1.18 bits per heavy atom. The fourth-order valence-corrected chi connectivity index (χ4v) is 5.04. The number of imidazole rings is 1. The predicted octanol–water partition coefficient (Wildman–Crippen LogP) is 3.87. The summed E-state index contributed by atoms with van der Waals surface area (Å²) in [7, 11) is 0. The quantitative estimate of drug-likeness (QED) is 0.386. The number of carbonyl (C=O) groups is 2. The van der Waals surface area contributed by atoms with E-state index in [0.29, 0.717) is 29.6 Å². The van der Waals surface area contributed by atoms with E-state index in [-0.39, 0.29) is 23.0 Å². The van der Waals surface area contributed by atoms with E-state index in [1.54, 1.807) is 23.0 Å². The van der Waals surface area contributed by atoms with Crippen LogP contribution < -0.4 is 10.1 Å². The van der Waals surface area contributed by atoms with Gasteiger partial charge in [-0.3, -0.25) is 9.20 Å². The molecule has 206 valence electrons. The van der Waals surface area contributed by atoms with E-state index in [1.165, 1.54) is 0 Å². The average molecular weight is 547 g/mol. The molecule has 0 atom stereocenters. The zero-order valence-corrected chi connectivity index (χ0v) is 21.2. The normalized spacial score (nSPS) is 21.9. The number of aromatic nitrogens is 5. The number of carbonyl (C=O) groups excluding carboxylic acids is 1. The van der Waals surface area contributed by atoms with Crippen LogP contribution in [0.25, 0.3) is 11.2 Å². The van der Waals surface area contributed by atoms with Crippen molar-refractivity contribution < 1.29 is 37.3 Å². The number of carboxylic acid groups (broad SMARTS) is 1. The SMILES string of the molecule is CC(C)Oc1nc(NC(=O)c2cccc3ccnn23)cn2cc(C34COC(C)(C3)C4)nc12.O=C(O)C(F)(F)F. The van der Waals surface area contributed by atoms with Gasteiger partial charge in [0.1, 0.15) is 5.69 Å². The first-order valence-electron chi connectivity index (χ1n) is 12.0. The fourth-order valence-electron chi connectivity index (χ4n) is 5.04. The molecule has 0 spiro atoms. The van der Waals surface area contributed by atoms with Crippen LogP contribution in [0.5, 0.6) is 5.88 Å². The molecular formula is C25H25F3N6O5. The van der Waals surface area contributed by atoms with Gasteiger partial charge < -0.3 is 19.9 Å². The van der Waals surface area contributed by atoms with Gasteiger partial charge in [0, 0.05) is 11.6 Å². The minimum atomic E-state index is -5.08. The maximum atomic E-state index is 13.0. The first kappa shape index (κ1) is 26.4. The second-order valence-corrected chi connectivity index (χ2v) is 10.2. The maximum absolute atomic E-state index is 13.0. The Labute approximate surface area is 219 Å². The minimum absolute atomic E-state index is 0.0298. The lowest BCUT2D eigenvalue weighted by molar-refractivity contribution is -0.192. The molecule has 14 heteroatoms. The smallest absolute Gasteiger partial charge is 0.475 e. The Morgan fingerprint density at radius 3 is 2.51 bits per heavy atom. The average Bonchev–Trinajstić information content (AvgIpc) is 3.59. The summed E-state index contributed by atoms with van der Waals surface area (Å²) in [6, 6.07) is 7.29. The second-order valence-electron chi connectivity index (χ2n) is 10.2. The van der Waals surface area contributed by atoms with Crippen LogP contribution in [-0.2, 0) is 14.9 Å². The molecule has 1 amide bonds. The van der Waals surface area contributed by atoms with Crippen molar-refractivity contribution in [3.05, 3.63) is 54.2 Å². The standard InChI is InChI=1S/C23H24N6O3.C2HF3O2/c1-14(2)32-21-19-25-17(23-11-22(3,12-23)31-13-23)9-28(19)10-18(27-21)26-20(30)16-6-4-5-15-7-8-24-29(15)16;3-2(4,5)1(6)7/h4-10,14H,11-13H2,1-3H3,(H,26,30);(H,6,7). The van der Waals surface area contributed by atoms with Crippen LogP contribution in [0.4, 0.5) is 19.0 Å². The molecule has 11 nitrogen and oxygen atoms in total. The summed E-state index contributed by atoms with van der Waals surface area (Å²) in [6.07, 6.45) is 2.20. The third-order valence-corrected chi connectivity index (χ3v) is 6.56. The molecule has 0 radical (unpaired) electrons. The summed E-state index contributed by atoms with van der Waals surface area (Å²) in [5, 5.41) is 14.2. The third-order valence-electron chi connectivity index (χ3n) is 6.56. The van der Waals surface area contributed by atoms with Gasteiger partial charge in [0.15, 0.2) is 5.82 Å². The van der Waals surface area contributed by atoms with Crippen LogP contribution in [0.2, 0.25) is 0 Å². The van der Waals surface area contributed by atoms with Crippen LogP contribution in [0, 0.1) is 0 Å². The predicted molar refractivity (Wildman–Crippen MR) is 131 cm³/mol. The molecule has 1 aliphatic carbocycles. The molecule has 3 aliphatic rings. The highest BCUT2D eigenvalue weighted by Crippen LogP contribution is 2.58. The second kappa shape index (κ2) is 9.22. The van der Waals surface area contributed by atoms with Gasteiger partial charge in [-0.2, -0.15) is 23.3 Å². The van der Waals surface area contributed by atoms with E-state index < -0.39 is 12.1 Å². The number of aliphatic carboxylic acids is 1. The Bertz CT molecular complexity index is 1570. The molecule has 0 aromatic carbocycles. The largest absolute Gasteiger partial charge is 0.490 e. The number of fused-ring (bicyclic) bond motifs is 3. The highest BCUT2D eigenvalue weighted by molar-refractivity contribution is 6.03. The Balaban J connectivity index is 0.000000392. The van der Waals surface area contributed by atoms with Crippen LogP contribution in [-0.4, -0.2) is 65.5 Å². The summed E-state index contributed by atoms with van der Waals surface area (Å²) in [4.78, 5) is 31.3. The first-order valence-corrected chi connectivity index (χ1v) is 12.0. The lowest BCUT2D eigenvalue weighted by atomic mass is 9.62. The molecule has 39 heavy (non-hydrogen) atoms. The number of alkyl halides is 3. The highest BCUT2D eigenvalue weighted by atomic mass is 19.4. The first-order chi connectivity index (χ1) is 18.3. The van der Waals surface area contributed by atoms with Crippen molar-refractivity contribution in [3.63, 3.8) is 0 Å². The van der Waals surface area contributed by atoms with Crippen molar-refractivity contribution in [2.75, 3.05) is 11.9 Å². The van der Waals surface area contributed by atoms with Gasteiger partial charge in [-0.1, -0.05) is 6.07 Å². The van der Waals surface area contributed by atoms with E-state index in [4.69, 9.17) is 24.4 Å². The molecule has 2 aliphatic heterocycles. The molecule has 0 unspecified atom stereocenters. The number of carboxylic acids is 1. The van der Waals surface area contributed by atoms with Crippen molar-refractivity contribution in [2.24, 2.45) is 0 Å². The topological polar surface area (TPSA) is 132 Å². The number of nitrogens with one attached hydrogen (secondary N) is 1. The van der Waals surface area contributed by atoms with Crippen LogP contribution >= 0.6 is 0 Å². The molecule has 2 bridgehead atoms. The van der Waals surface area contributed by atoms with E-state index in [9.17, 15) is 18.0 Å². The molecule has 4 aromatic heterocycles. The summed E-state index contributed by atoms with van der Waals surface area (Å²) in [5.41, 5.74) is 2.80. The van der Waals surface area contributed by atoms with Crippen molar-refractivity contribution in [1.82, 2.24) is 24.0 Å². The van der Waals surface area contributed by atoms with Crippen LogP contribution in [0.3, 0.4) is 0 Å². The number of halogens is 3. The molecule has 3 fully saturated rings. The molecule has 2 saturated heterocycles. The number of hydrogen-bond donors (Lipinski definition) is 2. The van der Waals surface area contributed by atoms with Gasteiger partial charge in [-0.15, -0.1) is 0 Å². The van der Waals surface area contributed by atoms with Crippen molar-refractivity contribution in [1.29, 1.82) is 0 Å². The molecule has 6 heterocycles. The van der Waals surface area contributed by atoms with Crippen molar-refractivity contribution in [3.8, 4) is 5.88 Å². The lowest BCUT2D eigenvalue weighted by Gasteiger charge is -2.41. The summed E-state index contributed by atoms with van der Waals surface area (Å²) in [5.74, 6) is -2.30. The minimum Gasteiger partial charge on any atom is -0.475 e. The monoisotopic (exact) mass is 546 g/mol. The van der Waals surface area contributed by atoms with E-state index >= 15 is 0 Å². The van der Waals surface area contributed by atoms with Gasteiger partial charge in [0.25, 0.3) is 11.8 Å². The molecule has 4 aromatic rings. The van der Waals surface area contributed by atoms with E-state index in [2.05, 4.69) is 22.3 Å². The fraction of sp³-hybridized carbons (Fsp3) is 0.400. The molecule has 7 rings (SSSR count). The highest BCUT2D eigenvalue weighted by Gasteiger charge is 2.61. The number of rotatable bonds is 5. The third kappa shape index (κ3) is 4.99. The Hall–Kier alpha value is -4.20. The number of ether oxygens (including phenoxy) is 2. The molecular weight excluding hydrogens is 521 g/mol. The van der Waals surface area contributed by atoms with Crippen molar-refractivity contribution in [2.45, 2.75) is 56.9 Å². The van der Waals surface area contributed by atoms with Crippen LogP contribution in [0.1, 0.15) is 49.8 Å². The summed E-state index contributed by atoms with van der Waals surface area (Å²) in [6.45, 7) is 6.70. The van der Waals surface area contributed by atoms with Gasteiger partial charge in [-0.05, 0) is 51.8 Å². The summed E-state index contributed by atoms with van der Waals surface area (Å²) >= 11 is 0. The zero-order chi connectivity index (χ0) is 28.2. The zero-order valence-electron chi connectivity index (χ0n) is 21.2. The lowest BCUT2D eigenvalue weighted by Crippen LogP contribution is -2.45. The van der Waals surface area contributed by atoms with Crippen molar-refractivity contribution >= 4 is 28.9 Å². The molecule has 2 N–H and O–H groups in total. The Morgan fingerprint density at radius 2 is 1.90 bits per heavy atom. The molecule has 1 saturated carbocycles. The number of pyridine rings is 1. The Kier molecular flexibility index (Phi) is 6.24. The van der Waals surface area contributed by atoms with Crippen LogP contribution in [0.15, 0.2) is 42.9 Å². The summed E-state index contributed by atoms with van der Waals surface area (Å²) < 4.78 is 47.1. The number of amides is 1. The number of hydrogen-bond acceptors (Lipinski definition) is 7. The van der Waals surface area contributed by atoms with E-state index in [0.717, 1.165) is 24.1 Å². The number of anilines is 1. The van der Waals surface area contributed by atoms with E-state index in [1.807, 2.05) is 42.6 Å². The maximum Gasteiger partial charge on any atom is 0.490 e. The van der Waals surface area contributed by atoms with Gasteiger partial charge in [0.2, 0.25) is 5.65 Å². The number of nitrogens with zero attached hydrogens (tertiary/aromatic N) is 5. The van der Waals surface area contributed by atoms with Gasteiger partial charge in [-0.25, -0.2) is 14.3 Å².